The number of rotatable bonds is 51. The molecular formula is C56H108O6. The third-order valence-corrected chi connectivity index (χ3v) is 12.8. The van der Waals surface area contributed by atoms with E-state index in [1.807, 2.05) is 0 Å². The molecule has 0 N–H and O–H groups in total. The van der Waals surface area contributed by atoms with E-state index in [2.05, 4.69) is 27.7 Å². The van der Waals surface area contributed by atoms with Gasteiger partial charge in [0, 0.05) is 19.3 Å². The smallest absolute Gasteiger partial charge is 0.306 e. The molecule has 1 atom stereocenters. The van der Waals surface area contributed by atoms with Gasteiger partial charge in [-0.1, -0.05) is 278 Å². The molecule has 0 aromatic rings. The number of ether oxygens (including phenoxy) is 3. The summed E-state index contributed by atoms with van der Waals surface area (Å²) in [5, 5.41) is 0. The molecular weight excluding hydrogens is 769 g/mol. The molecule has 0 aromatic heterocycles. The predicted octanol–water partition coefficient (Wildman–Crippen LogP) is 18.2. The largest absolute Gasteiger partial charge is 0.462 e. The topological polar surface area (TPSA) is 78.9 Å². The summed E-state index contributed by atoms with van der Waals surface area (Å²) in [5.41, 5.74) is 0. The van der Waals surface area contributed by atoms with E-state index in [-0.39, 0.29) is 31.1 Å². The Morgan fingerprint density at radius 1 is 0.306 bits per heavy atom. The van der Waals surface area contributed by atoms with Crippen LogP contribution in [0.1, 0.15) is 317 Å². The maximum Gasteiger partial charge on any atom is 0.306 e. The molecule has 6 nitrogen and oxygen atoms in total. The van der Waals surface area contributed by atoms with Gasteiger partial charge in [-0.2, -0.15) is 0 Å². The Morgan fingerprint density at radius 3 is 0.790 bits per heavy atom. The Labute approximate surface area is 387 Å². The van der Waals surface area contributed by atoms with Crippen LogP contribution in [-0.2, 0) is 28.6 Å². The van der Waals surface area contributed by atoms with E-state index in [0.717, 1.165) is 63.7 Å². The van der Waals surface area contributed by atoms with E-state index in [1.54, 1.807) is 0 Å². The Bertz CT molecular complexity index is 933. The molecule has 0 bridgehead atoms. The fourth-order valence-electron chi connectivity index (χ4n) is 8.57. The third kappa shape index (κ3) is 49.4. The summed E-state index contributed by atoms with van der Waals surface area (Å²) >= 11 is 0. The molecule has 0 aliphatic carbocycles. The average Bonchev–Trinajstić information content (AvgIpc) is 3.26. The zero-order valence-electron chi connectivity index (χ0n) is 42.3. The second-order valence-electron chi connectivity index (χ2n) is 19.7. The van der Waals surface area contributed by atoms with Crippen LogP contribution >= 0.6 is 0 Å². The second kappa shape index (κ2) is 50.4. The van der Waals surface area contributed by atoms with Gasteiger partial charge in [-0.3, -0.25) is 14.4 Å². The Morgan fingerprint density at radius 2 is 0.532 bits per heavy atom. The van der Waals surface area contributed by atoms with Crippen molar-refractivity contribution < 1.29 is 28.6 Å². The van der Waals surface area contributed by atoms with Gasteiger partial charge in [-0.05, 0) is 25.2 Å². The van der Waals surface area contributed by atoms with E-state index in [4.69, 9.17) is 14.2 Å². The summed E-state index contributed by atoms with van der Waals surface area (Å²) < 4.78 is 16.8. The Hall–Kier alpha value is -1.59. The molecule has 6 heteroatoms. The minimum absolute atomic E-state index is 0.0624. The van der Waals surface area contributed by atoms with Gasteiger partial charge in [0.1, 0.15) is 13.2 Å². The zero-order chi connectivity index (χ0) is 45.2. The summed E-state index contributed by atoms with van der Waals surface area (Å²) in [7, 11) is 0. The van der Waals surface area contributed by atoms with Crippen molar-refractivity contribution in [2.45, 2.75) is 323 Å². The minimum Gasteiger partial charge on any atom is -0.462 e. The first kappa shape index (κ1) is 60.4. The summed E-state index contributed by atoms with van der Waals surface area (Å²) in [5.74, 6) is 0.0172. The van der Waals surface area contributed by atoms with Crippen molar-refractivity contribution in [2.75, 3.05) is 13.2 Å². The maximum absolute atomic E-state index is 12.7. The van der Waals surface area contributed by atoms with Gasteiger partial charge in [0.05, 0.1) is 0 Å². The van der Waals surface area contributed by atoms with Crippen molar-refractivity contribution >= 4 is 17.9 Å². The molecule has 0 unspecified atom stereocenters. The van der Waals surface area contributed by atoms with Crippen molar-refractivity contribution in [1.29, 1.82) is 0 Å². The van der Waals surface area contributed by atoms with Gasteiger partial charge >= 0.3 is 17.9 Å². The van der Waals surface area contributed by atoms with Crippen molar-refractivity contribution in [3.05, 3.63) is 0 Å². The lowest BCUT2D eigenvalue weighted by Gasteiger charge is -2.18. The normalized spacial score (nSPS) is 12.0. The molecule has 0 amide bonds. The van der Waals surface area contributed by atoms with Gasteiger partial charge in [0.15, 0.2) is 6.10 Å². The first-order valence-electron chi connectivity index (χ1n) is 27.9. The van der Waals surface area contributed by atoms with Crippen molar-refractivity contribution in [3.8, 4) is 0 Å². The first-order chi connectivity index (χ1) is 30.4. The molecule has 368 valence electrons. The van der Waals surface area contributed by atoms with Crippen molar-refractivity contribution in [1.82, 2.24) is 0 Å². The lowest BCUT2D eigenvalue weighted by Crippen LogP contribution is -2.30. The van der Waals surface area contributed by atoms with Crippen LogP contribution in [0.25, 0.3) is 0 Å². The fraction of sp³-hybridized carbons (Fsp3) is 0.946. The van der Waals surface area contributed by atoms with E-state index >= 15 is 0 Å². The van der Waals surface area contributed by atoms with E-state index in [0.29, 0.717) is 19.3 Å². The summed E-state index contributed by atoms with van der Waals surface area (Å²) in [6, 6.07) is 0. The van der Waals surface area contributed by atoms with Crippen LogP contribution in [0.2, 0.25) is 0 Å². The molecule has 0 aliphatic heterocycles. The quantitative estimate of drug-likeness (QED) is 0.0344. The maximum atomic E-state index is 12.7. The van der Waals surface area contributed by atoms with Crippen molar-refractivity contribution in [2.24, 2.45) is 5.92 Å². The highest BCUT2D eigenvalue weighted by Gasteiger charge is 2.19. The van der Waals surface area contributed by atoms with Crippen molar-refractivity contribution in [3.63, 3.8) is 0 Å². The standard InChI is InChI=1S/C56H108O6/c1-5-7-9-11-13-15-16-17-25-28-32-35-39-43-47-54(57)60-50-53(62-56(59)49-45-41-37-30-14-12-10-8-6-2)51-61-55(58)48-44-40-36-33-29-26-23-21-19-18-20-22-24-27-31-34-38-42-46-52(3)4/h52-53H,5-51H2,1-4H3/t53-/m0/s1. The molecule has 0 saturated heterocycles. The molecule has 0 fully saturated rings. The number of carbonyl (C=O) groups excluding carboxylic acids is 3. The van der Waals surface area contributed by atoms with Crippen LogP contribution in [0.4, 0.5) is 0 Å². The first-order valence-corrected chi connectivity index (χ1v) is 27.9. The number of unbranched alkanes of at least 4 members (excludes halogenated alkanes) is 38. The van der Waals surface area contributed by atoms with Gasteiger partial charge in [0.2, 0.25) is 0 Å². The highest BCUT2D eigenvalue weighted by Crippen LogP contribution is 2.18. The van der Waals surface area contributed by atoms with E-state index in [9.17, 15) is 14.4 Å². The molecule has 62 heavy (non-hydrogen) atoms. The second-order valence-corrected chi connectivity index (χ2v) is 19.7. The van der Waals surface area contributed by atoms with Gasteiger partial charge in [-0.25, -0.2) is 0 Å². The lowest BCUT2D eigenvalue weighted by atomic mass is 10.0. The third-order valence-electron chi connectivity index (χ3n) is 12.8. The minimum atomic E-state index is -0.760. The summed E-state index contributed by atoms with van der Waals surface area (Å²) in [6.07, 6.45) is 53.9. The zero-order valence-corrected chi connectivity index (χ0v) is 42.3. The molecule has 0 spiro atoms. The highest BCUT2D eigenvalue weighted by atomic mass is 16.6. The number of carbonyl (C=O) groups is 3. The van der Waals surface area contributed by atoms with Crippen LogP contribution < -0.4 is 0 Å². The number of hydrogen-bond acceptors (Lipinski definition) is 6. The molecule has 0 aliphatic rings. The summed E-state index contributed by atoms with van der Waals surface area (Å²) in [4.78, 5) is 37.9. The van der Waals surface area contributed by atoms with E-state index in [1.165, 1.54) is 212 Å². The number of esters is 3. The van der Waals surface area contributed by atoms with Gasteiger partial charge in [0.25, 0.3) is 0 Å². The lowest BCUT2D eigenvalue weighted by molar-refractivity contribution is -0.167. The molecule has 0 radical (unpaired) electrons. The highest BCUT2D eigenvalue weighted by molar-refractivity contribution is 5.71. The van der Waals surface area contributed by atoms with Crippen LogP contribution in [0.15, 0.2) is 0 Å². The molecule has 0 aromatic carbocycles. The van der Waals surface area contributed by atoms with E-state index < -0.39 is 6.10 Å². The Kier molecular flexibility index (Phi) is 49.1. The fourth-order valence-corrected chi connectivity index (χ4v) is 8.57. The average molecular weight is 877 g/mol. The van der Waals surface area contributed by atoms with Gasteiger partial charge < -0.3 is 14.2 Å². The predicted molar refractivity (Wildman–Crippen MR) is 266 cm³/mol. The van der Waals surface area contributed by atoms with Gasteiger partial charge in [-0.15, -0.1) is 0 Å². The molecule has 0 saturated carbocycles. The summed E-state index contributed by atoms with van der Waals surface area (Å²) in [6.45, 7) is 9.04. The van der Waals surface area contributed by atoms with Crippen LogP contribution in [0, 0.1) is 5.92 Å². The number of hydrogen-bond donors (Lipinski definition) is 0. The molecule has 0 rings (SSSR count). The molecule has 0 heterocycles. The Balaban J connectivity index is 4.16. The monoisotopic (exact) mass is 877 g/mol. The SMILES string of the molecule is CCCCCCCCCCCCCCCCC(=O)OC[C@@H](COC(=O)CCCCCCCCCCCCCCCCCCCCC(C)C)OC(=O)CCCCCCCCCCC. The van der Waals surface area contributed by atoms with Crippen LogP contribution in [0.3, 0.4) is 0 Å². The van der Waals surface area contributed by atoms with Crippen LogP contribution in [-0.4, -0.2) is 37.2 Å². The van der Waals surface area contributed by atoms with Crippen LogP contribution in [0.5, 0.6) is 0 Å².